The summed E-state index contributed by atoms with van der Waals surface area (Å²) in [6.07, 6.45) is 0.669. The Bertz CT molecular complexity index is 804. The van der Waals surface area contributed by atoms with Gasteiger partial charge in [-0.25, -0.2) is 0 Å². The Balaban J connectivity index is 1.68. The van der Waals surface area contributed by atoms with Crippen molar-refractivity contribution in [2.45, 2.75) is 13.3 Å². The van der Waals surface area contributed by atoms with Gasteiger partial charge >= 0.3 is 0 Å². The standard InChI is InChI=1S/C17H16N2O5/c1-11(20)13-3-4-14(15(9-13)19(21)22)18-7-6-12-2-5-16-17(8-12)24-10-23-16/h2-5,8-9,18H,6-7,10H2,1H3. The fraction of sp³-hybridized carbons (Fsp3) is 0.235. The summed E-state index contributed by atoms with van der Waals surface area (Å²) in [5.74, 6) is 1.23. The molecule has 7 nitrogen and oxygen atoms in total. The summed E-state index contributed by atoms with van der Waals surface area (Å²) in [5.41, 5.74) is 1.65. The molecule has 3 rings (SSSR count). The predicted molar refractivity (Wildman–Crippen MR) is 87.9 cm³/mol. The molecule has 0 saturated heterocycles. The van der Waals surface area contributed by atoms with Crippen molar-refractivity contribution in [2.24, 2.45) is 0 Å². The van der Waals surface area contributed by atoms with Gasteiger partial charge in [-0.2, -0.15) is 0 Å². The minimum Gasteiger partial charge on any atom is -0.454 e. The zero-order valence-electron chi connectivity index (χ0n) is 13.1. The lowest BCUT2D eigenvalue weighted by Gasteiger charge is -2.08. The lowest BCUT2D eigenvalue weighted by Crippen LogP contribution is -2.07. The average Bonchev–Trinajstić information content (AvgIpc) is 3.02. The Kier molecular flexibility index (Phi) is 4.33. The molecule has 0 fully saturated rings. The third-order valence-electron chi connectivity index (χ3n) is 3.77. The van der Waals surface area contributed by atoms with E-state index in [1.165, 1.54) is 13.0 Å². The van der Waals surface area contributed by atoms with Gasteiger partial charge < -0.3 is 14.8 Å². The molecule has 0 amide bonds. The first-order valence-corrected chi connectivity index (χ1v) is 7.46. The number of nitrogens with one attached hydrogen (secondary N) is 1. The van der Waals surface area contributed by atoms with Crippen LogP contribution in [0.2, 0.25) is 0 Å². The second-order valence-electron chi connectivity index (χ2n) is 5.41. The number of nitrogens with zero attached hydrogens (tertiary/aromatic N) is 1. The molecule has 1 aliphatic rings. The van der Waals surface area contributed by atoms with Crippen molar-refractivity contribution in [1.82, 2.24) is 0 Å². The first kappa shape index (κ1) is 15.8. The number of ketones is 1. The number of hydrogen-bond acceptors (Lipinski definition) is 6. The molecule has 0 bridgehead atoms. The number of ether oxygens (including phenoxy) is 2. The van der Waals surface area contributed by atoms with E-state index in [0.29, 0.717) is 30.0 Å². The van der Waals surface area contributed by atoms with E-state index in [1.807, 2.05) is 18.2 Å². The van der Waals surface area contributed by atoms with Crippen molar-refractivity contribution in [3.8, 4) is 11.5 Å². The Morgan fingerprint density at radius 3 is 2.75 bits per heavy atom. The summed E-state index contributed by atoms with van der Waals surface area (Å²) >= 11 is 0. The van der Waals surface area contributed by atoms with Crippen LogP contribution in [0.25, 0.3) is 0 Å². The first-order chi connectivity index (χ1) is 11.5. The number of nitro benzene ring substituents is 1. The van der Waals surface area contributed by atoms with Gasteiger partial charge in [-0.3, -0.25) is 14.9 Å². The zero-order valence-corrected chi connectivity index (χ0v) is 13.1. The highest BCUT2D eigenvalue weighted by Gasteiger charge is 2.16. The second kappa shape index (κ2) is 6.57. The summed E-state index contributed by atoms with van der Waals surface area (Å²) in [7, 11) is 0. The highest BCUT2D eigenvalue weighted by molar-refractivity contribution is 5.95. The van der Waals surface area contributed by atoms with Crippen LogP contribution in [0.4, 0.5) is 11.4 Å². The van der Waals surface area contributed by atoms with Gasteiger partial charge in [0.25, 0.3) is 5.69 Å². The number of Topliss-reactive ketones (excluding diaryl/α,β-unsaturated/α-hetero) is 1. The summed E-state index contributed by atoms with van der Waals surface area (Å²) < 4.78 is 10.6. The third kappa shape index (κ3) is 3.29. The largest absolute Gasteiger partial charge is 0.454 e. The average molecular weight is 328 g/mol. The number of hydrogen-bond donors (Lipinski definition) is 1. The lowest BCUT2D eigenvalue weighted by atomic mass is 10.1. The van der Waals surface area contributed by atoms with Crippen molar-refractivity contribution >= 4 is 17.2 Å². The van der Waals surface area contributed by atoms with Gasteiger partial charge in [-0.05, 0) is 43.2 Å². The van der Waals surface area contributed by atoms with Gasteiger partial charge in [0.05, 0.1) is 4.92 Å². The zero-order chi connectivity index (χ0) is 17.1. The van der Waals surface area contributed by atoms with Crippen LogP contribution in [-0.4, -0.2) is 24.0 Å². The van der Waals surface area contributed by atoms with Crippen molar-refractivity contribution in [3.63, 3.8) is 0 Å². The molecule has 0 spiro atoms. The molecule has 1 N–H and O–H groups in total. The SMILES string of the molecule is CC(=O)c1ccc(NCCc2ccc3c(c2)OCO3)c([N+](=O)[O-])c1. The van der Waals surface area contributed by atoms with E-state index in [9.17, 15) is 14.9 Å². The number of carbonyl (C=O) groups is 1. The van der Waals surface area contributed by atoms with Crippen LogP contribution in [0, 0.1) is 10.1 Å². The lowest BCUT2D eigenvalue weighted by molar-refractivity contribution is -0.384. The molecular weight excluding hydrogens is 312 g/mol. The Morgan fingerprint density at radius 2 is 2.00 bits per heavy atom. The van der Waals surface area contributed by atoms with Gasteiger partial charge in [0.2, 0.25) is 6.79 Å². The van der Waals surface area contributed by atoms with Crippen LogP contribution >= 0.6 is 0 Å². The number of carbonyl (C=O) groups excluding carboxylic acids is 1. The molecule has 0 aliphatic carbocycles. The van der Waals surface area contributed by atoms with E-state index >= 15 is 0 Å². The molecule has 0 unspecified atom stereocenters. The molecule has 2 aromatic carbocycles. The minimum atomic E-state index is -0.491. The van der Waals surface area contributed by atoms with Crippen molar-refractivity contribution in [1.29, 1.82) is 0 Å². The van der Waals surface area contributed by atoms with Gasteiger partial charge in [-0.15, -0.1) is 0 Å². The fourth-order valence-electron chi connectivity index (χ4n) is 2.49. The molecule has 0 atom stereocenters. The van der Waals surface area contributed by atoms with Gasteiger partial charge in [0, 0.05) is 18.2 Å². The number of nitro groups is 1. The van der Waals surface area contributed by atoms with Crippen molar-refractivity contribution in [3.05, 3.63) is 57.6 Å². The van der Waals surface area contributed by atoms with Crippen molar-refractivity contribution < 1.29 is 19.2 Å². The molecule has 2 aromatic rings. The summed E-state index contributed by atoms with van der Waals surface area (Å²) in [4.78, 5) is 22.0. The Hall–Kier alpha value is -3.09. The quantitative estimate of drug-likeness (QED) is 0.497. The summed E-state index contributed by atoms with van der Waals surface area (Å²) in [6, 6.07) is 10.1. The fourth-order valence-corrected chi connectivity index (χ4v) is 2.49. The highest BCUT2D eigenvalue weighted by atomic mass is 16.7. The number of fused-ring (bicyclic) bond motifs is 1. The molecule has 124 valence electrons. The van der Waals surface area contributed by atoms with Crippen LogP contribution in [-0.2, 0) is 6.42 Å². The van der Waals surface area contributed by atoms with Crippen LogP contribution in [0.5, 0.6) is 11.5 Å². The van der Waals surface area contributed by atoms with E-state index in [-0.39, 0.29) is 18.3 Å². The molecule has 1 heterocycles. The maximum absolute atomic E-state index is 11.4. The number of rotatable bonds is 6. The monoisotopic (exact) mass is 328 g/mol. The molecular formula is C17H16N2O5. The smallest absolute Gasteiger partial charge is 0.293 e. The Morgan fingerprint density at radius 1 is 1.21 bits per heavy atom. The van der Waals surface area contributed by atoms with E-state index in [2.05, 4.69) is 5.32 Å². The maximum Gasteiger partial charge on any atom is 0.293 e. The molecule has 0 radical (unpaired) electrons. The predicted octanol–water partition coefficient (Wildman–Crippen LogP) is 3.18. The Labute approximate surface area is 138 Å². The van der Waals surface area contributed by atoms with Gasteiger partial charge in [0.1, 0.15) is 5.69 Å². The van der Waals surface area contributed by atoms with E-state index in [4.69, 9.17) is 9.47 Å². The minimum absolute atomic E-state index is 0.103. The summed E-state index contributed by atoms with van der Waals surface area (Å²) in [6.45, 7) is 2.12. The van der Waals surface area contributed by atoms with Crippen LogP contribution in [0.1, 0.15) is 22.8 Å². The molecule has 1 aliphatic heterocycles. The van der Waals surface area contributed by atoms with Gasteiger partial charge in [-0.1, -0.05) is 6.07 Å². The normalized spacial score (nSPS) is 12.0. The van der Waals surface area contributed by atoms with Crippen LogP contribution in [0.15, 0.2) is 36.4 Å². The van der Waals surface area contributed by atoms with Crippen LogP contribution < -0.4 is 14.8 Å². The van der Waals surface area contributed by atoms with E-state index in [1.54, 1.807) is 12.1 Å². The second-order valence-corrected chi connectivity index (χ2v) is 5.41. The topological polar surface area (TPSA) is 90.7 Å². The summed E-state index contributed by atoms with van der Waals surface area (Å²) in [5, 5.41) is 14.2. The molecule has 0 aromatic heterocycles. The molecule has 7 heteroatoms. The molecule has 24 heavy (non-hydrogen) atoms. The number of benzene rings is 2. The maximum atomic E-state index is 11.4. The van der Waals surface area contributed by atoms with Crippen molar-refractivity contribution in [2.75, 3.05) is 18.7 Å². The highest BCUT2D eigenvalue weighted by Crippen LogP contribution is 2.32. The van der Waals surface area contributed by atoms with E-state index < -0.39 is 4.92 Å². The first-order valence-electron chi connectivity index (χ1n) is 7.46. The third-order valence-corrected chi connectivity index (χ3v) is 3.77. The van der Waals surface area contributed by atoms with E-state index in [0.717, 1.165) is 11.3 Å². The van der Waals surface area contributed by atoms with Gasteiger partial charge in [0.15, 0.2) is 17.3 Å². The number of anilines is 1. The van der Waals surface area contributed by atoms with Crippen LogP contribution in [0.3, 0.4) is 0 Å². The molecule has 0 saturated carbocycles.